The van der Waals surface area contributed by atoms with Crippen molar-refractivity contribution in [2.45, 2.75) is 0 Å². The first kappa shape index (κ1) is 16.6. The van der Waals surface area contributed by atoms with Gasteiger partial charge in [0.05, 0.1) is 12.7 Å². The van der Waals surface area contributed by atoms with E-state index in [1.165, 1.54) is 7.11 Å². The van der Waals surface area contributed by atoms with Crippen molar-refractivity contribution in [3.8, 4) is 17.2 Å². The van der Waals surface area contributed by atoms with Crippen LogP contribution in [0.25, 0.3) is 0 Å². The molecule has 0 bridgehead atoms. The van der Waals surface area contributed by atoms with Gasteiger partial charge in [0.25, 0.3) is 11.8 Å². The summed E-state index contributed by atoms with van der Waals surface area (Å²) in [6.07, 6.45) is 0. The number of benzene rings is 2. The highest BCUT2D eigenvalue weighted by Gasteiger charge is 2.16. The molecule has 7 nitrogen and oxygen atoms in total. The second-order valence-electron chi connectivity index (χ2n) is 5.28. The van der Waals surface area contributed by atoms with Crippen LogP contribution in [0.15, 0.2) is 42.5 Å². The normalized spacial score (nSPS) is 11.7. The predicted octanol–water partition coefficient (Wildman–Crippen LogP) is 1.58. The van der Waals surface area contributed by atoms with Gasteiger partial charge >= 0.3 is 0 Å². The zero-order valence-corrected chi connectivity index (χ0v) is 13.7. The molecule has 1 aliphatic heterocycles. The molecule has 0 unspecified atom stereocenters. The Morgan fingerprint density at radius 1 is 1.00 bits per heavy atom. The molecule has 0 radical (unpaired) electrons. The molecule has 2 aromatic rings. The molecule has 0 saturated heterocycles. The highest BCUT2D eigenvalue weighted by molar-refractivity contribution is 5.97. The molecule has 3 rings (SSSR count). The summed E-state index contributed by atoms with van der Waals surface area (Å²) in [5, 5.41) is 5.49. The van der Waals surface area contributed by atoms with Gasteiger partial charge in [0.1, 0.15) is 5.75 Å². The van der Waals surface area contributed by atoms with E-state index in [9.17, 15) is 9.59 Å². The number of fused-ring (bicyclic) bond motifs is 1. The van der Waals surface area contributed by atoms with Gasteiger partial charge in [0.15, 0.2) is 11.5 Å². The molecule has 1 aliphatic rings. The largest absolute Gasteiger partial charge is 0.496 e. The van der Waals surface area contributed by atoms with Crippen LogP contribution in [0.1, 0.15) is 20.7 Å². The van der Waals surface area contributed by atoms with Crippen LogP contribution in [-0.4, -0.2) is 38.8 Å². The maximum Gasteiger partial charge on any atom is 0.255 e. The number of hydrogen-bond acceptors (Lipinski definition) is 5. The summed E-state index contributed by atoms with van der Waals surface area (Å²) < 4.78 is 15.6. The number of methoxy groups -OCH3 is 1. The van der Waals surface area contributed by atoms with Gasteiger partial charge < -0.3 is 24.8 Å². The van der Waals surface area contributed by atoms with Gasteiger partial charge in [-0.2, -0.15) is 0 Å². The van der Waals surface area contributed by atoms with E-state index in [0.717, 1.165) is 0 Å². The minimum Gasteiger partial charge on any atom is -0.496 e. The summed E-state index contributed by atoms with van der Waals surface area (Å²) in [6, 6.07) is 11.9. The van der Waals surface area contributed by atoms with Gasteiger partial charge in [0.2, 0.25) is 6.79 Å². The van der Waals surface area contributed by atoms with Gasteiger partial charge in [-0.15, -0.1) is 0 Å². The fourth-order valence-corrected chi connectivity index (χ4v) is 2.42. The smallest absolute Gasteiger partial charge is 0.255 e. The van der Waals surface area contributed by atoms with E-state index in [-0.39, 0.29) is 18.6 Å². The van der Waals surface area contributed by atoms with E-state index < -0.39 is 0 Å². The molecule has 25 heavy (non-hydrogen) atoms. The molecule has 0 aliphatic carbocycles. The maximum absolute atomic E-state index is 12.1. The molecule has 2 N–H and O–H groups in total. The van der Waals surface area contributed by atoms with E-state index in [2.05, 4.69) is 10.6 Å². The van der Waals surface area contributed by atoms with Crippen molar-refractivity contribution in [1.82, 2.24) is 10.6 Å². The summed E-state index contributed by atoms with van der Waals surface area (Å²) in [7, 11) is 1.51. The van der Waals surface area contributed by atoms with Crippen molar-refractivity contribution in [1.29, 1.82) is 0 Å². The fraction of sp³-hybridized carbons (Fsp3) is 0.222. The summed E-state index contributed by atoms with van der Waals surface area (Å²) in [4.78, 5) is 24.3. The van der Waals surface area contributed by atoms with Crippen molar-refractivity contribution in [2.75, 3.05) is 27.0 Å². The second-order valence-corrected chi connectivity index (χ2v) is 5.28. The van der Waals surface area contributed by atoms with Crippen molar-refractivity contribution < 1.29 is 23.8 Å². The average Bonchev–Trinajstić information content (AvgIpc) is 3.12. The minimum absolute atomic E-state index is 0.162. The lowest BCUT2D eigenvalue weighted by atomic mass is 10.2. The summed E-state index contributed by atoms with van der Waals surface area (Å²) in [5.74, 6) is 1.18. The Bertz CT molecular complexity index is 791. The predicted molar refractivity (Wildman–Crippen MR) is 90.2 cm³/mol. The van der Waals surface area contributed by atoms with Crippen molar-refractivity contribution >= 4 is 11.8 Å². The van der Waals surface area contributed by atoms with E-state index in [0.29, 0.717) is 41.5 Å². The van der Waals surface area contributed by atoms with E-state index in [1.807, 2.05) is 0 Å². The van der Waals surface area contributed by atoms with Crippen LogP contribution in [0.4, 0.5) is 0 Å². The standard InChI is InChI=1S/C18H18N2O5/c1-23-14-5-3-2-4-13(14)18(22)20-9-8-19-17(21)12-6-7-15-16(10-12)25-11-24-15/h2-7,10H,8-9,11H2,1H3,(H,19,21)(H,20,22). The fourth-order valence-electron chi connectivity index (χ4n) is 2.42. The van der Waals surface area contributed by atoms with Crippen LogP contribution < -0.4 is 24.8 Å². The van der Waals surface area contributed by atoms with Gasteiger partial charge in [-0.3, -0.25) is 9.59 Å². The van der Waals surface area contributed by atoms with E-state index in [1.54, 1.807) is 42.5 Å². The maximum atomic E-state index is 12.1. The lowest BCUT2D eigenvalue weighted by Crippen LogP contribution is -2.34. The summed E-state index contributed by atoms with van der Waals surface area (Å²) in [5.41, 5.74) is 0.924. The van der Waals surface area contributed by atoms with Gasteiger partial charge in [-0.1, -0.05) is 12.1 Å². The van der Waals surface area contributed by atoms with Crippen LogP contribution in [0.2, 0.25) is 0 Å². The average molecular weight is 342 g/mol. The molecule has 0 fully saturated rings. The molecule has 0 spiro atoms. The van der Waals surface area contributed by atoms with Crippen molar-refractivity contribution in [3.05, 3.63) is 53.6 Å². The third-order valence-corrected chi connectivity index (χ3v) is 3.68. The Hall–Kier alpha value is -3.22. The molecular formula is C18H18N2O5. The Kier molecular flexibility index (Phi) is 5.03. The number of hydrogen-bond donors (Lipinski definition) is 2. The molecular weight excluding hydrogens is 324 g/mol. The Labute approximate surface area is 144 Å². The zero-order chi connectivity index (χ0) is 17.6. The second kappa shape index (κ2) is 7.57. The molecule has 0 aromatic heterocycles. The molecule has 0 atom stereocenters. The van der Waals surface area contributed by atoms with Gasteiger partial charge in [0, 0.05) is 18.7 Å². The minimum atomic E-state index is -0.255. The first-order valence-corrected chi connectivity index (χ1v) is 7.78. The lowest BCUT2D eigenvalue weighted by Gasteiger charge is -2.10. The first-order chi connectivity index (χ1) is 12.2. The van der Waals surface area contributed by atoms with E-state index in [4.69, 9.17) is 14.2 Å². The molecule has 1 heterocycles. The highest BCUT2D eigenvalue weighted by atomic mass is 16.7. The Morgan fingerprint density at radius 2 is 1.72 bits per heavy atom. The third kappa shape index (κ3) is 3.82. The zero-order valence-electron chi connectivity index (χ0n) is 13.7. The Balaban J connectivity index is 1.48. The SMILES string of the molecule is COc1ccccc1C(=O)NCCNC(=O)c1ccc2c(c1)OCO2. The summed E-state index contributed by atoms with van der Waals surface area (Å²) in [6.45, 7) is 0.761. The number of ether oxygens (including phenoxy) is 3. The van der Waals surface area contributed by atoms with E-state index >= 15 is 0 Å². The first-order valence-electron chi connectivity index (χ1n) is 7.78. The van der Waals surface area contributed by atoms with Crippen molar-refractivity contribution in [2.24, 2.45) is 0 Å². The number of rotatable bonds is 6. The molecule has 2 aromatic carbocycles. The van der Waals surface area contributed by atoms with Crippen LogP contribution in [0.3, 0.4) is 0 Å². The van der Waals surface area contributed by atoms with Gasteiger partial charge in [-0.05, 0) is 30.3 Å². The number of nitrogens with one attached hydrogen (secondary N) is 2. The molecule has 7 heteroatoms. The van der Waals surface area contributed by atoms with Gasteiger partial charge in [-0.25, -0.2) is 0 Å². The third-order valence-electron chi connectivity index (χ3n) is 3.68. The van der Waals surface area contributed by atoms with Crippen molar-refractivity contribution in [3.63, 3.8) is 0 Å². The topological polar surface area (TPSA) is 85.9 Å². The monoisotopic (exact) mass is 342 g/mol. The highest BCUT2D eigenvalue weighted by Crippen LogP contribution is 2.32. The lowest BCUT2D eigenvalue weighted by molar-refractivity contribution is 0.0926. The number of carbonyl (C=O) groups excluding carboxylic acids is 2. The van der Waals surface area contributed by atoms with Crippen LogP contribution in [-0.2, 0) is 0 Å². The molecule has 2 amide bonds. The Morgan fingerprint density at radius 3 is 2.52 bits per heavy atom. The number of carbonyl (C=O) groups is 2. The number of amides is 2. The summed E-state index contributed by atoms with van der Waals surface area (Å²) >= 11 is 0. The van der Waals surface area contributed by atoms with Crippen LogP contribution in [0, 0.1) is 0 Å². The number of para-hydroxylation sites is 1. The molecule has 0 saturated carbocycles. The quantitative estimate of drug-likeness (QED) is 0.779. The van der Waals surface area contributed by atoms with Crippen LogP contribution >= 0.6 is 0 Å². The molecule has 130 valence electrons. The van der Waals surface area contributed by atoms with Crippen LogP contribution in [0.5, 0.6) is 17.2 Å².